The Kier molecular flexibility index (Phi) is 4.97. The molecule has 0 radical (unpaired) electrons. The van der Waals surface area contributed by atoms with Gasteiger partial charge in [0.15, 0.2) is 5.69 Å². The van der Waals surface area contributed by atoms with E-state index in [0.29, 0.717) is 12.2 Å². The fourth-order valence-corrected chi connectivity index (χ4v) is 2.84. The minimum atomic E-state index is -0.147. The summed E-state index contributed by atoms with van der Waals surface area (Å²) in [7, 11) is 0. The number of aromatic nitrogens is 2. The molecule has 3 rings (SSSR count). The van der Waals surface area contributed by atoms with Crippen molar-refractivity contribution in [3.8, 4) is 5.69 Å². The largest absolute Gasteiger partial charge is 0.379 e. The fraction of sp³-hybridized carbons (Fsp3) is 0.444. The number of amides is 1. The molecule has 24 heavy (non-hydrogen) atoms. The molecule has 0 atom stereocenters. The molecule has 1 aromatic heterocycles. The lowest BCUT2D eigenvalue weighted by Gasteiger charge is -2.40. The van der Waals surface area contributed by atoms with Crippen LogP contribution in [0.25, 0.3) is 5.69 Å². The number of hydrogen-bond donors (Lipinski definition) is 1. The SMILES string of the molecule is CC(C)(CNC(=O)c1ccn(-c2ccccc2)n1)N1CCOCC1. The normalized spacial score (nSPS) is 16.1. The quantitative estimate of drug-likeness (QED) is 0.908. The van der Waals surface area contributed by atoms with Gasteiger partial charge in [-0.2, -0.15) is 5.10 Å². The zero-order valence-corrected chi connectivity index (χ0v) is 14.2. The molecule has 0 unspecified atom stereocenters. The van der Waals surface area contributed by atoms with Gasteiger partial charge in [0.25, 0.3) is 5.91 Å². The maximum Gasteiger partial charge on any atom is 0.271 e. The van der Waals surface area contributed by atoms with Gasteiger partial charge in [0, 0.05) is 31.4 Å². The van der Waals surface area contributed by atoms with Crippen molar-refractivity contribution >= 4 is 5.91 Å². The molecule has 1 saturated heterocycles. The van der Waals surface area contributed by atoms with E-state index >= 15 is 0 Å². The molecule has 1 aliphatic heterocycles. The third-order valence-corrected chi connectivity index (χ3v) is 4.39. The first-order valence-corrected chi connectivity index (χ1v) is 8.28. The number of morpholine rings is 1. The molecule has 1 aromatic carbocycles. The van der Waals surface area contributed by atoms with E-state index in [1.54, 1.807) is 16.9 Å². The predicted octanol–water partition coefficient (Wildman–Crippen LogP) is 1.71. The van der Waals surface area contributed by atoms with Crippen LogP contribution in [-0.2, 0) is 4.74 Å². The fourth-order valence-electron chi connectivity index (χ4n) is 2.84. The third kappa shape index (κ3) is 3.83. The summed E-state index contributed by atoms with van der Waals surface area (Å²) in [4.78, 5) is 14.7. The molecule has 2 aromatic rings. The molecule has 0 spiro atoms. The highest BCUT2D eigenvalue weighted by Crippen LogP contribution is 2.15. The van der Waals surface area contributed by atoms with Crippen LogP contribution in [0.3, 0.4) is 0 Å². The molecule has 0 bridgehead atoms. The van der Waals surface area contributed by atoms with Crippen LogP contribution in [0.4, 0.5) is 0 Å². The second kappa shape index (κ2) is 7.15. The molecule has 1 amide bonds. The lowest BCUT2D eigenvalue weighted by molar-refractivity contribution is -0.00924. The smallest absolute Gasteiger partial charge is 0.271 e. The highest BCUT2D eigenvalue weighted by Gasteiger charge is 2.28. The van der Waals surface area contributed by atoms with Crippen molar-refractivity contribution in [1.82, 2.24) is 20.0 Å². The summed E-state index contributed by atoms with van der Waals surface area (Å²) in [6.07, 6.45) is 1.80. The first-order valence-electron chi connectivity index (χ1n) is 8.28. The van der Waals surface area contributed by atoms with Gasteiger partial charge in [0.05, 0.1) is 18.9 Å². The molecule has 1 fully saturated rings. The minimum absolute atomic E-state index is 0.110. The standard InChI is InChI=1S/C18H24N4O2/c1-18(2,21-10-12-24-13-11-21)14-19-17(23)16-8-9-22(20-16)15-6-4-3-5-7-15/h3-9H,10-14H2,1-2H3,(H,19,23). The van der Waals surface area contributed by atoms with Crippen molar-refractivity contribution in [2.45, 2.75) is 19.4 Å². The second-order valence-corrected chi connectivity index (χ2v) is 6.58. The van der Waals surface area contributed by atoms with E-state index in [4.69, 9.17) is 4.74 Å². The van der Waals surface area contributed by atoms with Gasteiger partial charge in [0.2, 0.25) is 0 Å². The van der Waals surface area contributed by atoms with Crippen molar-refractivity contribution in [2.24, 2.45) is 0 Å². The number of nitrogens with one attached hydrogen (secondary N) is 1. The van der Waals surface area contributed by atoms with Gasteiger partial charge in [-0.1, -0.05) is 18.2 Å². The molecular formula is C18H24N4O2. The van der Waals surface area contributed by atoms with Crippen LogP contribution >= 0.6 is 0 Å². The van der Waals surface area contributed by atoms with E-state index in [-0.39, 0.29) is 11.4 Å². The average Bonchev–Trinajstić information content (AvgIpc) is 3.11. The number of para-hydroxylation sites is 1. The Balaban J connectivity index is 1.60. The monoisotopic (exact) mass is 328 g/mol. The van der Waals surface area contributed by atoms with Crippen molar-refractivity contribution in [3.63, 3.8) is 0 Å². The molecule has 0 aliphatic carbocycles. The molecular weight excluding hydrogens is 304 g/mol. The van der Waals surface area contributed by atoms with E-state index in [0.717, 1.165) is 32.0 Å². The zero-order valence-electron chi connectivity index (χ0n) is 14.2. The summed E-state index contributed by atoms with van der Waals surface area (Å²) < 4.78 is 7.10. The van der Waals surface area contributed by atoms with E-state index in [1.165, 1.54) is 0 Å². The van der Waals surface area contributed by atoms with Gasteiger partial charge in [-0.15, -0.1) is 0 Å². The minimum Gasteiger partial charge on any atom is -0.379 e. The first-order chi connectivity index (χ1) is 11.6. The molecule has 0 saturated carbocycles. The average molecular weight is 328 g/mol. The Bertz CT molecular complexity index is 675. The molecule has 128 valence electrons. The summed E-state index contributed by atoms with van der Waals surface area (Å²) in [5.41, 5.74) is 1.25. The number of nitrogens with zero attached hydrogens (tertiary/aromatic N) is 3. The summed E-state index contributed by atoms with van der Waals surface area (Å²) >= 11 is 0. The van der Waals surface area contributed by atoms with Gasteiger partial charge in [-0.25, -0.2) is 4.68 Å². The maximum absolute atomic E-state index is 12.4. The molecule has 6 nitrogen and oxygen atoms in total. The van der Waals surface area contributed by atoms with Crippen LogP contribution < -0.4 is 5.32 Å². The Labute approximate surface area is 142 Å². The van der Waals surface area contributed by atoms with Crippen LogP contribution in [0.2, 0.25) is 0 Å². The van der Waals surface area contributed by atoms with Crippen LogP contribution in [0.15, 0.2) is 42.6 Å². The van der Waals surface area contributed by atoms with Crippen LogP contribution in [0, 0.1) is 0 Å². The first kappa shape index (κ1) is 16.7. The van der Waals surface area contributed by atoms with Gasteiger partial charge in [-0.3, -0.25) is 9.69 Å². The highest BCUT2D eigenvalue weighted by molar-refractivity contribution is 5.92. The molecule has 1 N–H and O–H groups in total. The third-order valence-electron chi connectivity index (χ3n) is 4.39. The van der Waals surface area contributed by atoms with Crippen molar-refractivity contribution in [1.29, 1.82) is 0 Å². The Morgan fingerprint density at radius 2 is 1.92 bits per heavy atom. The molecule has 6 heteroatoms. The van der Waals surface area contributed by atoms with Crippen LogP contribution in [0.1, 0.15) is 24.3 Å². The number of hydrogen-bond acceptors (Lipinski definition) is 4. The predicted molar refractivity (Wildman–Crippen MR) is 92.4 cm³/mol. The number of benzene rings is 1. The summed E-state index contributed by atoms with van der Waals surface area (Å²) in [5, 5.41) is 7.37. The Morgan fingerprint density at radius 3 is 2.62 bits per heavy atom. The number of carbonyl (C=O) groups is 1. The number of ether oxygens (including phenoxy) is 1. The van der Waals surface area contributed by atoms with Gasteiger partial charge < -0.3 is 10.1 Å². The number of carbonyl (C=O) groups excluding carboxylic acids is 1. The summed E-state index contributed by atoms with van der Waals surface area (Å²) in [6.45, 7) is 8.14. The summed E-state index contributed by atoms with van der Waals surface area (Å²) in [5.74, 6) is -0.147. The van der Waals surface area contributed by atoms with Crippen molar-refractivity contribution in [2.75, 3.05) is 32.8 Å². The molecule has 1 aliphatic rings. The lowest BCUT2D eigenvalue weighted by atomic mass is 10.0. The van der Waals surface area contributed by atoms with E-state index < -0.39 is 0 Å². The lowest BCUT2D eigenvalue weighted by Crippen LogP contribution is -2.55. The summed E-state index contributed by atoms with van der Waals surface area (Å²) in [6, 6.07) is 11.5. The topological polar surface area (TPSA) is 59.4 Å². The van der Waals surface area contributed by atoms with Gasteiger partial charge in [-0.05, 0) is 32.0 Å². The maximum atomic E-state index is 12.4. The second-order valence-electron chi connectivity index (χ2n) is 6.58. The molecule has 2 heterocycles. The van der Waals surface area contributed by atoms with Crippen LogP contribution in [-0.4, -0.2) is 59.0 Å². The van der Waals surface area contributed by atoms with Gasteiger partial charge in [0.1, 0.15) is 0 Å². The van der Waals surface area contributed by atoms with Crippen molar-refractivity contribution < 1.29 is 9.53 Å². The van der Waals surface area contributed by atoms with Crippen LogP contribution in [0.5, 0.6) is 0 Å². The van der Waals surface area contributed by atoms with Crippen molar-refractivity contribution in [3.05, 3.63) is 48.3 Å². The van der Waals surface area contributed by atoms with Gasteiger partial charge >= 0.3 is 0 Å². The van der Waals surface area contributed by atoms with E-state index in [2.05, 4.69) is 29.2 Å². The zero-order chi connectivity index (χ0) is 17.0. The Hall–Kier alpha value is -2.18. The van der Waals surface area contributed by atoms with E-state index in [9.17, 15) is 4.79 Å². The van der Waals surface area contributed by atoms with E-state index in [1.807, 2.05) is 30.3 Å². The number of rotatable bonds is 5. The Morgan fingerprint density at radius 1 is 1.21 bits per heavy atom. The highest BCUT2D eigenvalue weighted by atomic mass is 16.5.